The predicted molar refractivity (Wildman–Crippen MR) is 79.6 cm³/mol. The lowest BCUT2D eigenvalue weighted by Gasteiger charge is -2.23. The molecule has 0 saturated carbocycles. The molecule has 3 rings (SSSR count). The Morgan fingerprint density at radius 2 is 1.44 bits per heavy atom. The molecule has 9 heteroatoms. The Kier molecular flexibility index (Phi) is 5.14. The number of benzene rings is 2. The average molecular weight is 392 g/mol. The highest BCUT2D eigenvalue weighted by Gasteiger charge is 2.42. The summed E-state index contributed by atoms with van der Waals surface area (Å²) in [4.78, 5) is 0. The van der Waals surface area contributed by atoms with Gasteiger partial charge < -0.3 is 9.47 Å². The van der Waals surface area contributed by atoms with Gasteiger partial charge in [0.1, 0.15) is 22.9 Å². The van der Waals surface area contributed by atoms with Crippen LogP contribution in [0.2, 0.25) is 0 Å². The molecule has 2 aromatic rings. The number of ether oxygens (including phenoxy) is 2. The van der Waals surface area contributed by atoms with E-state index in [0.717, 1.165) is 0 Å². The van der Waals surface area contributed by atoms with Gasteiger partial charge >= 0.3 is 6.11 Å². The Morgan fingerprint density at radius 3 is 1.96 bits per heavy atom. The van der Waals surface area contributed by atoms with Crippen LogP contribution in [0.3, 0.4) is 0 Å². The van der Waals surface area contributed by atoms with E-state index in [1.54, 1.807) is 12.2 Å². The van der Waals surface area contributed by atoms with Crippen molar-refractivity contribution in [3.05, 3.63) is 76.6 Å². The maximum atomic E-state index is 14.2. The van der Waals surface area contributed by atoms with Crippen molar-refractivity contribution in [1.29, 1.82) is 0 Å². The second-order valence-electron chi connectivity index (χ2n) is 5.71. The molecule has 0 N–H and O–H groups in total. The fourth-order valence-corrected chi connectivity index (χ4v) is 2.61. The first-order valence-electron chi connectivity index (χ1n) is 7.66. The molecular formula is C18H11F7O2. The molecule has 0 saturated heterocycles. The largest absolute Gasteiger partial charge is 0.432 e. The van der Waals surface area contributed by atoms with E-state index in [0.29, 0.717) is 18.6 Å². The summed E-state index contributed by atoms with van der Waals surface area (Å²) in [5.41, 5.74) is -1.74. The summed E-state index contributed by atoms with van der Waals surface area (Å²) in [6.45, 7) is 0.205. The number of hydrogen-bond donors (Lipinski definition) is 0. The van der Waals surface area contributed by atoms with Crippen LogP contribution in [0.5, 0.6) is 5.75 Å². The highest BCUT2D eigenvalue weighted by atomic mass is 19.3. The van der Waals surface area contributed by atoms with Gasteiger partial charge in [-0.15, -0.1) is 0 Å². The molecule has 1 aliphatic heterocycles. The monoisotopic (exact) mass is 392 g/mol. The quantitative estimate of drug-likeness (QED) is 0.387. The van der Waals surface area contributed by atoms with Crippen LogP contribution >= 0.6 is 0 Å². The van der Waals surface area contributed by atoms with Crippen LogP contribution in [0.25, 0.3) is 0 Å². The molecule has 0 radical (unpaired) electrons. The number of halogens is 7. The van der Waals surface area contributed by atoms with Crippen LogP contribution < -0.4 is 4.74 Å². The maximum absolute atomic E-state index is 14.2. The van der Waals surface area contributed by atoms with Crippen LogP contribution in [0.1, 0.15) is 23.7 Å². The predicted octanol–water partition coefficient (Wildman–Crippen LogP) is 5.53. The number of alkyl halides is 2. The Balaban J connectivity index is 1.93. The lowest BCUT2D eigenvalue weighted by atomic mass is 10.0. The summed E-state index contributed by atoms with van der Waals surface area (Å²) < 4.78 is 105. The van der Waals surface area contributed by atoms with E-state index in [1.807, 2.05) is 0 Å². The highest BCUT2D eigenvalue weighted by Crippen LogP contribution is 2.37. The smallest absolute Gasteiger partial charge is 0.429 e. The van der Waals surface area contributed by atoms with Gasteiger partial charge in [0.05, 0.1) is 12.7 Å². The third-order valence-electron chi connectivity index (χ3n) is 3.84. The highest BCUT2D eigenvalue weighted by molar-refractivity contribution is 5.32. The third-order valence-corrected chi connectivity index (χ3v) is 3.84. The lowest BCUT2D eigenvalue weighted by molar-refractivity contribution is -0.189. The molecule has 1 unspecified atom stereocenters. The van der Waals surface area contributed by atoms with Crippen molar-refractivity contribution < 1.29 is 40.2 Å². The lowest BCUT2D eigenvalue weighted by Crippen LogP contribution is -2.26. The minimum absolute atomic E-state index is 0.00720. The fourth-order valence-electron chi connectivity index (χ4n) is 2.61. The van der Waals surface area contributed by atoms with Gasteiger partial charge in [-0.3, -0.25) is 0 Å². The van der Waals surface area contributed by atoms with Crippen LogP contribution in [0.15, 0.2) is 36.4 Å². The molecule has 0 aliphatic carbocycles. The molecule has 2 nitrogen and oxygen atoms in total. The zero-order valence-electron chi connectivity index (χ0n) is 13.4. The number of rotatable bonds is 4. The average Bonchev–Trinajstić information content (AvgIpc) is 2.59. The van der Waals surface area contributed by atoms with Crippen LogP contribution in [0.4, 0.5) is 30.7 Å². The van der Waals surface area contributed by atoms with Gasteiger partial charge in [0, 0.05) is 12.1 Å². The third kappa shape index (κ3) is 3.92. The van der Waals surface area contributed by atoms with Gasteiger partial charge in [-0.1, -0.05) is 12.2 Å². The Morgan fingerprint density at radius 1 is 0.852 bits per heavy atom. The first-order valence-corrected chi connectivity index (χ1v) is 7.66. The second kappa shape index (κ2) is 7.22. The van der Waals surface area contributed by atoms with E-state index in [4.69, 9.17) is 4.74 Å². The Bertz CT molecular complexity index is 849. The summed E-state index contributed by atoms with van der Waals surface area (Å²) in [6, 6.07) is 1.62. The standard InChI is InChI=1S/C18H11F7O2/c19-11-5-9(15-3-1-2-4-26-15)6-12(20)16(11)18(24,25)27-10-7-13(21)17(23)14(22)8-10/h1-2,5-8,15H,3-4H2. The molecule has 0 bridgehead atoms. The normalized spacial score (nSPS) is 17.2. The van der Waals surface area contributed by atoms with Crippen molar-refractivity contribution in [1.82, 2.24) is 0 Å². The van der Waals surface area contributed by atoms with E-state index in [-0.39, 0.29) is 24.3 Å². The number of hydrogen-bond acceptors (Lipinski definition) is 2. The summed E-state index contributed by atoms with van der Waals surface area (Å²) in [5, 5.41) is 0. The molecule has 0 aromatic heterocycles. The van der Waals surface area contributed by atoms with Crippen molar-refractivity contribution in [3.8, 4) is 5.75 Å². The topological polar surface area (TPSA) is 18.5 Å². The van der Waals surface area contributed by atoms with Gasteiger partial charge in [0.15, 0.2) is 17.5 Å². The van der Waals surface area contributed by atoms with Crippen LogP contribution in [0, 0.1) is 29.1 Å². The van der Waals surface area contributed by atoms with Gasteiger partial charge in [0.2, 0.25) is 0 Å². The zero-order valence-corrected chi connectivity index (χ0v) is 13.4. The van der Waals surface area contributed by atoms with Gasteiger partial charge in [-0.05, 0) is 24.1 Å². The summed E-state index contributed by atoms with van der Waals surface area (Å²) in [6.07, 6.45) is -1.60. The van der Waals surface area contributed by atoms with E-state index >= 15 is 0 Å². The fraction of sp³-hybridized carbons (Fsp3) is 0.222. The Labute approximate surface area is 148 Å². The van der Waals surface area contributed by atoms with Gasteiger partial charge in [0.25, 0.3) is 0 Å². The molecule has 0 fully saturated rings. The first-order chi connectivity index (χ1) is 12.7. The molecule has 1 heterocycles. The van der Waals surface area contributed by atoms with E-state index in [1.165, 1.54) is 0 Å². The van der Waals surface area contributed by atoms with Crippen molar-refractivity contribution >= 4 is 0 Å². The molecule has 1 atom stereocenters. The summed E-state index contributed by atoms with van der Waals surface area (Å²) >= 11 is 0. The van der Waals surface area contributed by atoms with Gasteiger partial charge in [-0.2, -0.15) is 8.78 Å². The Hall–Kier alpha value is -2.55. The molecule has 2 aromatic carbocycles. The summed E-state index contributed by atoms with van der Waals surface area (Å²) in [7, 11) is 0. The van der Waals surface area contributed by atoms with Gasteiger partial charge in [-0.25, -0.2) is 22.0 Å². The first kappa shape index (κ1) is 19.2. The molecule has 0 amide bonds. The van der Waals surface area contributed by atoms with E-state index < -0.39 is 52.6 Å². The van der Waals surface area contributed by atoms with Crippen molar-refractivity contribution in [2.75, 3.05) is 6.61 Å². The van der Waals surface area contributed by atoms with Crippen molar-refractivity contribution in [2.45, 2.75) is 18.6 Å². The van der Waals surface area contributed by atoms with E-state index in [2.05, 4.69) is 4.74 Å². The molecule has 144 valence electrons. The van der Waals surface area contributed by atoms with E-state index in [9.17, 15) is 30.7 Å². The minimum atomic E-state index is -4.61. The summed E-state index contributed by atoms with van der Waals surface area (Å²) in [5.74, 6) is -9.87. The minimum Gasteiger partial charge on any atom is -0.429 e. The van der Waals surface area contributed by atoms with Crippen molar-refractivity contribution in [3.63, 3.8) is 0 Å². The van der Waals surface area contributed by atoms with Crippen LogP contribution in [-0.2, 0) is 10.8 Å². The van der Waals surface area contributed by atoms with Crippen LogP contribution in [-0.4, -0.2) is 6.61 Å². The maximum Gasteiger partial charge on any atom is 0.432 e. The SMILES string of the molecule is Fc1cc(OC(F)(F)c2c(F)cc(C3CC=CCO3)cc2F)cc(F)c1F. The second-order valence-corrected chi connectivity index (χ2v) is 5.71. The molecule has 27 heavy (non-hydrogen) atoms. The van der Waals surface area contributed by atoms with Crippen molar-refractivity contribution in [2.24, 2.45) is 0 Å². The molecule has 0 spiro atoms. The molecular weight excluding hydrogens is 381 g/mol. The zero-order chi connectivity index (χ0) is 19.8. The molecule has 1 aliphatic rings.